The van der Waals surface area contributed by atoms with Crippen molar-refractivity contribution in [3.8, 4) is 17.0 Å². The van der Waals surface area contributed by atoms with E-state index in [2.05, 4.69) is 10.1 Å². The Morgan fingerprint density at radius 2 is 1.84 bits per heavy atom. The lowest BCUT2D eigenvalue weighted by Crippen LogP contribution is -2.05. The largest absolute Gasteiger partial charge is 0.491 e. The summed E-state index contributed by atoms with van der Waals surface area (Å²) >= 11 is 0. The van der Waals surface area contributed by atoms with Crippen LogP contribution in [0, 0.1) is 0 Å². The van der Waals surface area contributed by atoms with Crippen molar-refractivity contribution in [3.05, 3.63) is 48.8 Å². The maximum absolute atomic E-state index is 5.63. The third-order valence-corrected chi connectivity index (χ3v) is 2.78. The molecule has 0 radical (unpaired) electrons. The second-order valence-electron chi connectivity index (χ2n) is 4.64. The minimum Gasteiger partial charge on any atom is -0.491 e. The third-order valence-electron chi connectivity index (χ3n) is 2.78. The van der Waals surface area contributed by atoms with Gasteiger partial charge < -0.3 is 4.74 Å². The van der Waals surface area contributed by atoms with Crippen LogP contribution in [0.4, 0.5) is 0 Å². The number of nitrogens with zero attached hydrogens (tertiary/aromatic N) is 3. The Hall–Kier alpha value is -2.36. The van der Waals surface area contributed by atoms with Gasteiger partial charge in [0.25, 0.3) is 0 Å². The minimum atomic E-state index is 0.186. The Bertz CT molecular complexity index is 686. The molecule has 0 fully saturated rings. The smallest absolute Gasteiger partial charge is 0.153 e. The topological polar surface area (TPSA) is 39.4 Å². The van der Waals surface area contributed by atoms with Gasteiger partial charge >= 0.3 is 0 Å². The van der Waals surface area contributed by atoms with Gasteiger partial charge in [0.15, 0.2) is 5.65 Å². The van der Waals surface area contributed by atoms with E-state index < -0.39 is 0 Å². The molecule has 0 unspecified atom stereocenters. The molecule has 96 valence electrons. The summed E-state index contributed by atoms with van der Waals surface area (Å²) in [6, 6.07) is 11.9. The predicted molar refractivity (Wildman–Crippen MR) is 74.2 cm³/mol. The molecule has 19 heavy (non-hydrogen) atoms. The minimum absolute atomic E-state index is 0.186. The van der Waals surface area contributed by atoms with Crippen molar-refractivity contribution in [2.24, 2.45) is 0 Å². The maximum atomic E-state index is 5.63. The first-order valence-corrected chi connectivity index (χ1v) is 6.30. The van der Waals surface area contributed by atoms with Gasteiger partial charge in [-0.15, -0.1) is 0 Å². The molecule has 3 aromatic rings. The number of imidazole rings is 1. The van der Waals surface area contributed by atoms with E-state index in [-0.39, 0.29) is 6.10 Å². The average molecular weight is 253 g/mol. The fourth-order valence-corrected chi connectivity index (χ4v) is 1.95. The second kappa shape index (κ2) is 4.72. The molecular formula is C15H15N3O. The summed E-state index contributed by atoms with van der Waals surface area (Å²) in [5.41, 5.74) is 2.83. The van der Waals surface area contributed by atoms with Crippen LogP contribution in [0.2, 0.25) is 0 Å². The summed E-state index contributed by atoms with van der Waals surface area (Å²) < 4.78 is 7.40. The van der Waals surface area contributed by atoms with Gasteiger partial charge in [0.1, 0.15) is 5.75 Å². The zero-order valence-electron chi connectivity index (χ0n) is 10.9. The molecule has 0 saturated heterocycles. The first kappa shape index (κ1) is 11.7. The maximum Gasteiger partial charge on any atom is 0.153 e. The van der Waals surface area contributed by atoms with E-state index in [1.807, 2.05) is 56.4 Å². The number of hydrogen-bond acceptors (Lipinski definition) is 3. The molecule has 2 aromatic heterocycles. The van der Waals surface area contributed by atoms with E-state index in [1.165, 1.54) is 0 Å². The van der Waals surface area contributed by atoms with Crippen molar-refractivity contribution < 1.29 is 4.74 Å². The Balaban J connectivity index is 1.92. The molecule has 0 aliphatic rings. The fourth-order valence-electron chi connectivity index (χ4n) is 1.95. The molecule has 0 spiro atoms. The van der Waals surface area contributed by atoms with Crippen molar-refractivity contribution in [3.63, 3.8) is 0 Å². The summed E-state index contributed by atoms with van der Waals surface area (Å²) in [4.78, 5) is 4.18. The molecule has 0 atom stereocenters. The van der Waals surface area contributed by atoms with Crippen LogP contribution in [0.15, 0.2) is 48.8 Å². The fraction of sp³-hybridized carbons (Fsp3) is 0.200. The molecule has 0 saturated carbocycles. The van der Waals surface area contributed by atoms with E-state index >= 15 is 0 Å². The molecule has 4 heteroatoms. The number of ether oxygens (including phenoxy) is 1. The van der Waals surface area contributed by atoms with Crippen molar-refractivity contribution in [1.82, 2.24) is 14.6 Å². The molecule has 4 nitrogen and oxygen atoms in total. The van der Waals surface area contributed by atoms with Crippen LogP contribution in [0.1, 0.15) is 13.8 Å². The summed E-state index contributed by atoms with van der Waals surface area (Å²) in [5, 5.41) is 4.51. The number of fused-ring (bicyclic) bond motifs is 1. The normalized spacial score (nSPS) is 11.1. The molecule has 0 N–H and O–H groups in total. The van der Waals surface area contributed by atoms with E-state index in [0.717, 1.165) is 22.7 Å². The van der Waals surface area contributed by atoms with Gasteiger partial charge in [-0.25, -0.2) is 9.50 Å². The van der Waals surface area contributed by atoms with E-state index in [9.17, 15) is 0 Å². The molecule has 2 heterocycles. The summed E-state index contributed by atoms with van der Waals surface area (Å²) in [6.07, 6.45) is 3.77. The Kier molecular flexibility index (Phi) is 2.91. The van der Waals surface area contributed by atoms with Crippen molar-refractivity contribution in [2.45, 2.75) is 20.0 Å². The zero-order chi connectivity index (χ0) is 13.2. The Labute approximate surface area is 111 Å². The first-order chi connectivity index (χ1) is 9.22. The number of aromatic nitrogens is 3. The Morgan fingerprint density at radius 3 is 2.58 bits per heavy atom. The lowest BCUT2D eigenvalue weighted by molar-refractivity contribution is 0.242. The van der Waals surface area contributed by atoms with Crippen LogP contribution >= 0.6 is 0 Å². The standard InChI is InChI=1S/C15H15N3O/c1-11(2)19-13-5-3-12(4-6-13)14-7-8-15-16-9-10-18(15)17-14/h3-11H,1-2H3. The molecule has 3 rings (SSSR count). The van der Waals surface area contributed by atoms with Crippen molar-refractivity contribution in [2.75, 3.05) is 0 Å². The van der Waals surface area contributed by atoms with Gasteiger partial charge in [-0.2, -0.15) is 5.10 Å². The summed E-state index contributed by atoms with van der Waals surface area (Å²) in [5.74, 6) is 0.877. The lowest BCUT2D eigenvalue weighted by Gasteiger charge is -2.10. The van der Waals surface area contributed by atoms with Crippen molar-refractivity contribution >= 4 is 5.65 Å². The van der Waals surface area contributed by atoms with Gasteiger partial charge in [-0.3, -0.25) is 0 Å². The van der Waals surface area contributed by atoms with Gasteiger partial charge in [-0.1, -0.05) is 0 Å². The van der Waals surface area contributed by atoms with Gasteiger partial charge in [0.2, 0.25) is 0 Å². The SMILES string of the molecule is CC(C)Oc1ccc(-c2ccc3nccn3n2)cc1. The van der Waals surface area contributed by atoms with E-state index in [0.29, 0.717) is 0 Å². The molecular weight excluding hydrogens is 238 g/mol. The monoisotopic (exact) mass is 253 g/mol. The zero-order valence-corrected chi connectivity index (χ0v) is 10.9. The van der Waals surface area contributed by atoms with E-state index in [1.54, 1.807) is 10.7 Å². The molecule has 0 aliphatic heterocycles. The highest BCUT2D eigenvalue weighted by Gasteiger charge is 2.03. The summed E-state index contributed by atoms with van der Waals surface area (Å²) in [7, 11) is 0. The Morgan fingerprint density at radius 1 is 1.05 bits per heavy atom. The van der Waals surface area contributed by atoms with Crippen molar-refractivity contribution in [1.29, 1.82) is 0 Å². The van der Waals surface area contributed by atoms with Crippen LogP contribution in [0.3, 0.4) is 0 Å². The average Bonchev–Trinajstić information content (AvgIpc) is 2.86. The highest BCUT2D eigenvalue weighted by atomic mass is 16.5. The van der Waals surface area contributed by atoms with Gasteiger partial charge in [-0.05, 0) is 50.2 Å². The van der Waals surface area contributed by atoms with Crippen LogP contribution in [-0.4, -0.2) is 20.7 Å². The van der Waals surface area contributed by atoms with Gasteiger partial charge in [0, 0.05) is 18.0 Å². The van der Waals surface area contributed by atoms with E-state index in [4.69, 9.17) is 4.74 Å². The van der Waals surface area contributed by atoms with Crippen LogP contribution < -0.4 is 4.74 Å². The third kappa shape index (κ3) is 2.42. The number of rotatable bonds is 3. The predicted octanol–water partition coefficient (Wildman–Crippen LogP) is 3.18. The first-order valence-electron chi connectivity index (χ1n) is 6.30. The highest BCUT2D eigenvalue weighted by molar-refractivity contribution is 5.61. The molecule has 0 aliphatic carbocycles. The van der Waals surface area contributed by atoms with Gasteiger partial charge in [0.05, 0.1) is 11.8 Å². The molecule has 0 amide bonds. The molecule has 0 bridgehead atoms. The quantitative estimate of drug-likeness (QED) is 0.719. The van der Waals surface area contributed by atoms with Crippen LogP contribution in [-0.2, 0) is 0 Å². The summed E-state index contributed by atoms with van der Waals surface area (Å²) in [6.45, 7) is 4.03. The number of hydrogen-bond donors (Lipinski definition) is 0. The lowest BCUT2D eigenvalue weighted by atomic mass is 10.1. The number of benzene rings is 1. The molecule has 1 aromatic carbocycles. The highest BCUT2D eigenvalue weighted by Crippen LogP contribution is 2.21. The van der Waals surface area contributed by atoms with Crippen LogP contribution in [0.5, 0.6) is 5.75 Å². The van der Waals surface area contributed by atoms with Crippen LogP contribution in [0.25, 0.3) is 16.9 Å². The second-order valence-corrected chi connectivity index (χ2v) is 4.64.